The van der Waals surface area contributed by atoms with E-state index < -0.39 is 0 Å². The van der Waals surface area contributed by atoms with Crippen LogP contribution in [0.4, 0.5) is 28.4 Å². The highest BCUT2D eigenvalue weighted by molar-refractivity contribution is 5.82. The van der Waals surface area contributed by atoms with E-state index in [0.717, 1.165) is 5.69 Å². The monoisotopic (exact) mass is 335 g/mol. The Balaban J connectivity index is 1.92. The second kappa shape index (κ2) is 6.84. The molecule has 0 atom stereocenters. The molecular formula is C19H17N3O3. The normalized spacial score (nSPS) is 10.2. The zero-order valence-electron chi connectivity index (χ0n) is 13.3. The molecule has 3 aromatic rings. The number of nitrogens with zero attached hydrogens (tertiary/aromatic N) is 1. The minimum atomic E-state index is 0.0201. The van der Waals surface area contributed by atoms with Gasteiger partial charge in [-0.15, -0.1) is 0 Å². The van der Waals surface area contributed by atoms with Crippen LogP contribution in [0.15, 0.2) is 65.7 Å². The molecule has 0 aliphatic rings. The van der Waals surface area contributed by atoms with Crippen LogP contribution in [0.2, 0.25) is 0 Å². The summed E-state index contributed by atoms with van der Waals surface area (Å²) in [5.74, 6) is 0.357. The first-order chi connectivity index (χ1) is 12.0. The predicted octanol–water partition coefficient (Wildman–Crippen LogP) is 4.62. The van der Waals surface area contributed by atoms with Crippen molar-refractivity contribution in [3.8, 4) is 17.2 Å². The summed E-state index contributed by atoms with van der Waals surface area (Å²) in [6, 6.07) is 16.3. The lowest BCUT2D eigenvalue weighted by Crippen LogP contribution is -1.95. The van der Waals surface area contributed by atoms with Gasteiger partial charge in [0.25, 0.3) is 0 Å². The van der Waals surface area contributed by atoms with Crippen LogP contribution < -0.4 is 10.6 Å². The van der Waals surface area contributed by atoms with Gasteiger partial charge < -0.3 is 26.0 Å². The average molecular weight is 335 g/mol. The van der Waals surface area contributed by atoms with Crippen LogP contribution in [0.25, 0.3) is 0 Å². The van der Waals surface area contributed by atoms with E-state index in [0.29, 0.717) is 22.7 Å². The van der Waals surface area contributed by atoms with E-state index in [1.165, 1.54) is 6.07 Å². The van der Waals surface area contributed by atoms with Gasteiger partial charge in [-0.2, -0.15) is 0 Å². The molecule has 0 amide bonds. The van der Waals surface area contributed by atoms with E-state index >= 15 is 0 Å². The SMILES string of the molecule is C=Nc1cc(O)c(Nc2ccc(O)cc2)cc1Nc1ccc(O)cc1. The Morgan fingerprint density at radius 2 is 1.16 bits per heavy atom. The number of hydrogen-bond donors (Lipinski definition) is 5. The molecule has 0 unspecified atom stereocenters. The number of phenolic OH excluding ortho intramolecular Hbond substituents is 3. The van der Waals surface area contributed by atoms with Crippen molar-refractivity contribution in [2.45, 2.75) is 0 Å². The van der Waals surface area contributed by atoms with Gasteiger partial charge in [-0.1, -0.05) is 0 Å². The van der Waals surface area contributed by atoms with Gasteiger partial charge in [0, 0.05) is 17.4 Å². The molecule has 0 heterocycles. The second-order valence-electron chi connectivity index (χ2n) is 5.39. The first-order valence-electron chi connectivity index (χ1n) is 7.51. The fraction of sp³-hybridized carbons (Fsp3) is 0. The lowest BCUT2D eigenvalue weighted by atomic mass is 10.2. The molecular weight excluding hydrogens is 318 g/mol. The highest BCUT2D eigenvalue weighted by Crippen LogP contribution is 2.38. The zero-order chi connectivity index (χ0) is 17.8. The van der Waals surface area contributed by atoms with Crippen LogP contribution in [0, 0.1) is 0 Å². The van der Waals surface area contributed by atoms with Gasteiger partial charge in [0.2, 0.25) is 0 Å². The first kappa shape index (κ1) is 16.2. The van der Waals surface area contributed by atoms with Crippen molar-refractivity contribution in [2.24, 2.45) is 4.99 Å². The molecule has 25 heavy (non-hydrogen) atoms. The number of rotatable bonds is 5. The van der Waals surface area contributed by atoms with Crippen molar-refractivity contribution in [1.29, 1.82) is 0 Å². The molecule has 0 saturated heterocycles. The quantitative estimate of drug-likeness (QED) is 0.266. The summed E-state index contributed by atoms with van der Waals surface area (Å²) in [7, 11) is 0. The van der Waals surface area contributed by atoms with Crippen molar-refractivity contribution >= 4 is 35.2 Å². The number of aromatic hydroxyl groups is 3. The summed E-state index contributed by atoms with van der Waals surface area (Å²) in [4.78, 5) is 3.92. The van der Waals surface area contributed by atoms with Crippen molar-refractivity contribution in [1.82, 2.24) is 0 Å². The largest absolute Gasteiger partial charge is 0.508 e. The summed E-state index contributed by atoms with van der Waals surface area (Å²) < 4.78 is 0. The van der Waals surface area contributed by atoms with Crippen LogP contribution in [-0.2, 0) is 0 Å². The smallest absolute Gasteiger partial charge is 0.141 e. The fourth-order valence-corrected chi connectivity index (χ4v) is 2.31. The summed E-state index contributed by atoms with van der Waals surface area (Å²) in [5.41, 5.74) is 3.06. The maximum absolute atomic E-state index is 10.2. The van der Waals surface area contributed by atoms with Crippen molar-refractivity contribution in [2.75, 3.05) is 10.6 Å². The van der Waals surface area contributed by atoms with Gasteiger partial charge in [-0.25, -0.2) is 0 Å². The Bertz CT molecular complexity index is 891. The van der Waals surface area contributed by atoms with Crippen LogP contribution in [0.3, 0.4) is 0 Å². The Morgan fingerprint density at radius 1 is 0.680 bits per heavy atom. The Labute approximate surface area is 144 Å². The average Bonchev–Trinajstić information content (AvgIpc) is 2.61. The van der Waals surface area contributed by atoms with E-state index in [1.807, 2.05) is 0 Å². The Morgan fingerprint density at radius 3 is 1.64 bits per heavy atom. The predicted molar refractivity (Wildman–Crippen MR) is 100 cm³/mol. The summed E-state index contributed by atoms with van der Waals surface area (Å²) in [6.07, 6.45) is 0. The molecule has 0 saturated carbocycles. The maximum atomic E-state index is 10.2. The molecule has 0 bridgehead atoms. The minimum Gasteiger partial charge on any atom is -0.508 e. The second-order valence-corrected chi connectivity index (χ2v) is 5.39. The van der Waals surface area contributed by atoms with Gasteiger partial charge >= 0.3 is 0 Å². The van der Waals surface area contributed by atoms with Gasteiger partial charge in [0.1, 0.15) is 17.2 Å². The third-order valence-electron chi connectivity index (χ3n) is 3.58. The maximum Gasteiger partial charge on any atom is 0.141 e. The summed E-state index contributed by atoms with van der Waals surface area (Å²) in [6.45, 7) is 3.52. The molecule has 0 radical (unpaired) electrons. The molecule has 0 aliphatic heterocycles. The van der Waals surface area contributed by atoms with Crippen molar-refractivity contribution in [3.05, 3.63) is 60.7 Å². The molecule has 0 spiro atoms. The highest BCUT2D eigenvalue weighted by atomic mass is 16.3. The molecule has 0 aromatic heterocycles. The van der Waals surface area contributed by atoms with Crippen LogP contribution in [0.1, 0.15) is 0 Å². The number of phenols is 3. The van der Waals surface area contributed by atoms with Crippen molar-refractivity contribution < 1.29 is 15.3 Å². The zero-order valence-corrected chi connectivity index (χ0v) is 13.3. The highest BCUT2D eigenvalue weighted by Gasteiger charge is 2.10. The minimum absolute atomic E-state index is 0.0201. The first-order valence-corrected chi connectivity index (χ1v) is 7.51. The number of aliphatic imine (C=N–C) groups is 1. The van der Waals surface area contributed by atoms with E-state index in [2.05, 4.69) is 22.3 Å². The Hall–Kier alpha value is -3.67. The van der Waals surface area contributed by atoms with Gasteiger partial charge in [0.05, 0.1) is 17.1 Å². The van der Waals surface area contributed by atoms with Gasteiger partial charge in [-0.3, -0.25) is 4.99 Å². The molecule has 0 aliphatic carbocycles. The number of anilines is 4. The number of hydrogen-bond acceptors (Lipinski definition) is 6. The number of benzene rings is 3. The molecule has 126 valence electrons. The van der Waals surface area contributed by atoms with Crippen LogP contribution in [-0.4, -0.2) is 22.0 Å². The van der Waals surface area contributed by atoms with E-state index in [4.69, 9.17) is 0 Å². The van der Waals surface area contributed by atoms with Crippen molar-refractivity contribution in [3.63, 3.8) is 0 Å². The van der Waals surface area contributed by atoms with Gasteiger partial charge in [-0.05, 0) is 61.3 Å². The topological polar surface area (TPSA) is 97.1 Å². The summed E-state index contributed by atoms with van der Waals surface area (Å²) >= 11 is 0. The van der Waals surface area contributed by atoms with Gasteiger partial charge in [0.15, 0.2) is 0 Å². The third-order valence-corrected chi connectivity index (χ3v) is 3.58. The lowest BCUT2D eigenvalue weighted by Gasteiger charge is -2.14. The molecule has 5 N–H and O–H groups in total. The van der Waals surface area contributed by atoms with E-state index in [1.54, 1.807) is 54.6 Å². The lowest BCUT2D eigenvalue weighted by molar-refractivity contribution is 0.475. The molecule has 6 heteroatoms. The van der Waals surface area contributed by atoms with E-state index in [-0.39, 0.29) is 17.2 Å². The van der Waals surface area contributed by atoms with E-state index in [9.17, 15) is 15.3 Å². The molecule has 3 aromatic carbocycles. The molecule has 0 fully saturated rings. The standard InChI is InChI=1S/C19H17N3O3/c1-20-16-11-19(25)18(22-13-4-8-15(24)9-5-13)10-17(16)21-12-2-6-14(23)7-3-12/h2-11,21-25H,1H2. The van der Waals surface area contributed by atoms with Crippen LogP contribution >= 0.6 is 0 Å². The third kappa shape index (κ3) is 3.81. The number of nitrogens with one attached hydrogen (secondary N) is 2. The Kier molecular flexibility index (Phi) is 4.43. The molecule has 6 nitrogen and oxygen atoms in total. The summed E-state index contributed by atoms with van der Waals surface area (Å²) in [5, 5.41) is 35.2. The molecule has 3 rings (SSSR count). The fourth-order valence-electron chi connectivity index (χ4n) is 2.31. The van der Waals surface area contributed by atoms with Crippen LogP contribution in [0.5, 0.6) is 17.2 Å².